The second-order valence-electron chi connectivity index (χ2n) is 4.56. The first kappa shape index (κ1) is 10.6. The third-order valence-corrected chi connectivity index (χ3v) is 3.26. The Balaban J connectivity index is 1.81. The normalized spacial score (nSPS) is 17.7. The highest BCUT2D eigenvalue weighted by molar-refractivity contribution is 5.21. The number of aliphatic hydroxyl groups excluding tert-OH is 1. The molecule has 0 unspecified atom stereocenters. The molecule has 1 fully saturated rings. The largest absolute Gasteiger partial charge is 0.396 e. The molecule has 2 rings (SSSR count). The Labute approximate surface area is 90.5 Å². The fraction of sp³-hybridized carbons (Fsp3) is 0.583. The van der Waals surface area contributed by atoms with Crippen LogP contribution in [0.5, 0.6) is 0 Å². The summed E-state index contributed by atoms with van der Waals surface area (Å²) < 4.78 is 0. The monoisotopic (exact) mass is 206 g/mol. The zero-order valence-corrected chi connectivity index (χ0v) is 9.16. The second kappa shape index (κ2) is 4.29. The standard InChI is InChI=1S/C12H18N2O/c1-10-2-5-13-6-11(10)7-14-8-12(9-15)3-4-12/h2,5-6,14-15H,3-4,7-9H2,1H3. The number of aryl methyl sites for hydroxylation is 1. The van der Waals surface area contributed by atoms with Gasteiger partial charge in [-0.3, -0.25) is 4.98 Å². The third-order valence-electron chi connectivity index (χ3n) is 3.26. The number of hydrogen-bond acceptors (Lipinski definition) is 3. The predicted octanol–water partition coefficient (Wildman–Crippen LogP) is 1.25. The molecule has 1 aliphatic carbocycles. The lowest BCUT2D eigenvalue weighted by Crippen LogP contribution is -2.26. The third kappa shape index (κ3) is 2.55. The molecule has 2 N–H and O–H groups in total. The maximum absolute atomic E-state index is 9.16. The van der Waals surface area contributed by atoms with E-state index in [-0.39, 0.29) is 5.41 Å². The molecule has 82 valence electrons. The lowest BCUT2D eigenvalue weighted by atomic mass is 10.1. The predicted molar refractivity (Wildman–Crippen MR) is 59.4 cm³/mol. The summed E-state index contributed by atoms with van der Waals surface area (Å²) in [5.74, 6) is 0. The van der Waals surface area contributed by atoms with Crippen LogP contribution in [0.2, 0.25) is 0 Å². The summed E-state index contributed by atoms with van der Waals surface area (Å²) in [7, 11) is 0. The lowest BCUT2D eigenvalue weighted by molar-refractivity contribution is 0.207. The van der Waals surface area contributed by atoms with Crippen molar-refractivity contribution in [3.05, 3.63) is 29.6 Å². The molecule has 1 aliphatic rings. The molecule has 1 aromatic rings. The first-order valence-corrected chi connectivity index (χ1v) is 5.47. The smallest absolute Gasteiger partial charge is 0.0499 e. The SMILES string of the molecule is Cc1ccncc1CNCC1(CO)CC1. The average molecular weight is 206 g/mol. The first-order valence-electron chi connectivity index (χ1n) is 5.47. The van der Waals surface area contributed by atoms with E-state index < -0.39 is 0 Å². The number of aliphatic hydroxyl groups is 1. The second-order valence-corrected chi connectivity index (χ2v) is 4.56. The van der Waals surface area contributed by atoms with Gasteiger partial charge in [-0.2, -0.15) is 0 Å². The molecule has 3 nitrogen and oxygen atoms in total. The van der Waals surface area contributed by atoms with Crippen LogP contribution in [0.15, 0.2) is 18.5 Å². The lowest BCUT2D eigenvalue weighted by Gasteiger charge is -2.13. The fourth-order valence-corrected chi connectivity index (χ4v) is 1.71. The van der Waals surface area contributed by atoms with E-state index in [1.165, 1.54) is 11.1 Å². The van der Waals surface area contributed by atoms with Crippen LogP contribution >= 0.6 is 0 Å². The molecule has 1 aromatic heterocycles. The summed E-state index contributed by atoms with van der Waals surface area (Å²) in [4.78, 5) is 4.11. The van der Waals surface area contributed by atoms with Gasteiger partial charge in [-0.25, -0.2) is 0 Å². The van der Waals surface area contributed by atoms with Gasteiger partial charge in [-0.15, -0.1) is 0 Å². The summed E-state index contributed by atoms with van der Waals surface area (Å²) in [6, 6.07) is 2.02. The Bertz CT molecular complexity index is 334. The molecule has 0 aromatic carbocycles. The highest BCUT2D eigenvalue weighted by atomic mass is 16.3. The summed E-state index contributed by atoms with van der Waals surface area (Å²) in [6.45, 7) is 4.17. The van der Waals surface area contributed by atoms with Gasteiger partial charge in [0.05, 0.1) is 0 Å². The fourth-order valence-electron chi connectivity index (χ4n) is 1.71. The zero-order chi connectivity index (χ0) is 10.7. The maximum atomic E-state index is 9.16. The highest BCUT2D eigenvalue weighted by Gasteiger charge is 2.41. The molecule has 1 saturated carbocycles. The number of rotatable bonds is 5. The van der Waals surface area contributed by atoms with Gasteiger partial charge in [0, 0.05) is 37.5 Å². The first-order chi connectivity index (χ1) is 7.26. The van der Waals surface area contributed by atoms with Gasteiger partial charge in [0.15, 0.2) is 0 Å². The van der Waals surface area contributed by atoms with Gasteiger partial charge >= 0.3 is 0 Å². The summed E-state index contributed by atoms with van der Waals surface area (Å²) >= 11 is 0. The van der Waals surface area contributed by atoms with Crippen LogP contribution in [0.3, 0.4) is 0 Å². The van der Waals surface area contributed by atoms with Gasteiger partial charge < -0.3 is 10.4 Å². The van der Waals surface area contributed by atoms with Crippen LogP contribution in [-0.2, 0) is 6.54 Å². The van der Waals surface area contributed by atoms with Crippen molar-refractivity contribution in [2.45, 2.75) is 26.3 Å². The van der Waals surface area contributed by atoms with E-state index in [2.05, 4.69) is 17.2 Å². The molecule has 0 spiro atoms. The van der Waals surface area contributed by atoms with E-state index in [0.29, 0.717) is 6.61 Å². The topological polar surface area (TPSA) is 45.2 Å². The zero-order valence-electron chi connectivity index (χ0n) is 9.16. The molecule has 3 heteroatoms. The van der Waals surface area contributed by atoms with E-state index in [1.807, 2.05) is 18.5 Å². The van der Waals surface area contributed by atoms with Gasteiger partial charge in [-0.05, 0) is 37.0 Å². The number of hydrogen-bond donors (Lipinski definition) is 2. The molecule has 1 heterocycles. The van der Waals surface area contributed by atoms with Crippen molar-refractivity contribution in [2.24, 2.45) is 5.41 Å². The summed E-state index contributed by atoms with van der Waals surface area (Å²) in [6.07, 6.45) is 6.03. The van der Waals surface area contributed by atoms with Gasteiger partial charge in [0.25, 0.3) is 0 Å². The van der Waals surface area contributed by atoms with Crippen LogP contribution < -0.4 is 5.32 Å². The molecule has 0 atom stereocenters. The number of nitrogens with one attached hydrogen (secondary N) is 1. The highest BCUT2D eigenvalue weighted by Crippen LogP contribution is 2.44. The van der Waals surface area contributed by atoms with Crippen LogP contribution in [0, 0.1) is 12.3 Å². The minimum atomic E-state index is 0.191. The van der Waals surface area contributed by atoms with E-state index in [9.17, 15) is 0 Å². The summed E-state index contributed by atoms with van der Waals surface area (Å²) in [5, 5.41) is 12.6. The number of nitrogens with zero attached hydrogens (tertiary/aromatic N) is 1. The molecule has 0 aliphatic heterocycles. The van der Waals surface area contributed by atoms with Crippen LogP contribution in [0.25, 0.3) is 0 Å². The van der Waals surface area contributed by atoms with Crippen molar-refractivity contribution >= 4 is 0 Å². The van der Waals surface area contributed by atoms with Gasteiger partial charge in [-0.1, -0.05) is 0 Å². The van der Waals surface area contributed by atoms with E-state index >= 15 is 0 Å². The Morgan fingerprint density at radius 1 is 1.53 bits per heavy atom. The van der Waals surface area contributed by atoms with Crippen molar-refractivity contribution < 1.29 is 5.11 Å². The van der Waals surface area contributed by atoms with Crippen molar-refractivity contribution in [2.75, 3.05) is 13.2 Å². The average Bonchev–Trinajstić information content (AvgIpc) is 3.02. The van der Waals surface area contributed by atoms with Crippen LogP contribution in [-0.4, -0.2) is 23.2 Å². The maximum Gasteiger partial charge on any atom is 0.0499 e. The molecule has 0 bridgehead atoms. The molecule has 15 heavy (non-hydrogen) atoms. The van der Waals surface area contributed by atoms with Crippen molar-refractivity contribution in [1.82, 2.24) is 10.3 Å². The Kier molecular flexibility index (Phi) is 3.03. The quantitative estimate of drug-likeness (QED) is 0.762. The molecule has 0 amide bonds. The molecule has 0 saturated heterocycles. The minimum Gasteiger partial charge on any atom is -0.396 e. The Morgan fingerprint density at radius 2 is 2.33 bits per heavy atom. The van der Waals surface area contributed by atoms with E-state index in [1.54, 1.807) is 0 Å². The van der Waals surface area contributed by atoms with Crippen LogP contribution in [0.1, 0.15) is 24.0 Å². The van der Waals surface area contributed by atoms with E-state index in [0.717, 1.165) is 25.9 Å². The molecule has 0 radical (unpaired) electrons. The van der Waals surface area contributed by atoms with Gasteiger partial charge in [0.2, 0.25) is 0 Å². The van der Waals surface area contributed by atoms with Crippen molar-refractivity contribution in [1.29, 1.82) is 0 Å². The minimum absolute atomic E-state index is 0.191. The Morgan fingerprint density at radius 3 is 2.93 bits per heavy atom. The molecular weight excluding hydrogens is 188 g/mol. The van der Waals surface area contributed by atoms with Gasteiger partial charge in [0.1, 0.15) is 0 Å². The summed E-state index contributed by atoms with van der Waals surface area (Å²) in [5.41, 5.74) is 2.70. The van der Waals surface area contributed by atoms with Crippen molar-refractivity contribution in [3.63, 3.8) is 0 Å². The number of aromatic nitrogens is 1. The van der Waals surface area contributed by atoms with Crippen LogP contribution in [0.4, 0.5) is 0 Å². The number of pyridine rings is 1. The van der Waals surface area contributed by atoms with Crippen molar-refractivity contribution in [3.8, 4) is 0 Å². The molecular formula is C12H18N2O. The van der Waals surface area contributed by atoms with E-state index in [4.69, 9.17) is 5.11 Å². The Hall–Kier alpha value is -0.930.